The van der Waals surface area contributed by atoms with Gasteiger partial charge in [0.05, 0.1) is 5.56 Å². The summed E-state index contributed by atoms with van der Waals surface area (Å²) in [5, 5.41) is 7.34. The summed E-state index contributed by atoms with van der Waals surface area (Å²) >= 11 is 0. The van der Waals surface area contributed by atoms with E-state index in [9.17, 15) is 0 Å². The van der Waals surface area contributed by atoms with Gasteiger partial charge >= 0.3 is 0 Å². The second kappa shape index (κ2) is 3.34. The predicted molar refractivity (Wildman–Crippen MR) is 39.8 cm³/mol. The molecule has 0 bridgehead atoms. The molecular formula is C8H11O2+. The van der Waals surface area contributed by atoms with Gasteiger partial charge in [-0.05, 0) is 12.1 Å². The molecule has 0 aliphatic carbocycles. The van der Waals surface area contributed by atoms with E-state index in [-0.39, 0.29) is 0 Å². The minimum absolute atomic E-state index is 0.541. The lowest BCUT2D eigenvalue weighted by molar-refractivity contribution is -0.0769. The zero-order chi connectivity index (χ0) is 7.40. The van der Waals surface area contributed by atoms with Gasteiger partial charge in [-0.25, -0.2) is 0 Å². The third kappa shape index (κ3) is 1.56. The van der Waals surface area contributed by atoms with E-state index in [4.69, 9.17) is 9.84 Å². The Morgan fingerprint density at radius 1 is 1.30 bits per heavy atom. The Balaban J connectivity index is 2.75. The van der Waals surface area contributed by atoms with Crippen LogP contribution in [0.5, 0.6) is 0 Å². The lowest BCUT2D eigenvalue weighted by Crippen LogP contribution is -1.97. The summed E-state index contributed by atoms with van der Waals surface area (Å²) in [6, 6.07) is 9.47. The zero-order valence-electron chi connectivity index (χ0n) is 5.87. The van der Waals surface area contributed by atoms with E-state index in [1.165, 1.54) is 7.11 Å². The van der Waals surface area contributed by atoms with Crippen LogP contribution in [0.1, 0.15) is 11.9 Å². The highest BCUT2D eigenvalue weighted by Crippen LogP contribution is 2.10. The van der Waals surface area contributed by atoms with Crippen molar-refractivity contribution in [3.63, 3.8) is 0 Å². The Kier molecular flexibility index (Phi) is 2.42. The number of methoxy groups -OCH3 is 1. The normalized spacial score (nSPS) is 13.0. The standard InChI is InChI=1S/C8H10O2/c1-10-8(9)7-5-3-2-4-6-7/h2-6,8-9H,1H3/p+1. The minimum Gasteiger partial charge on any atom is -0.418 e. The van der Waals surface area contributed by atoms with Gasteiger partial charge < -0.3 is 9.84 Å². The Morgan fingerprint density at radius 2 is 1.90 bits per heavy atom. The van der Waals surface area contributed by atoms with Crippen LogP contribution < -0.4 is 0 Å². The maximum absolute atomic E-state index is 7.34. The smallest absolute Gasteiger partial charge is 0.290 e. The maximum atomic E-state index is 7.34. The number of benzene rings is 1. The topological polar surface area (TPSA) is 32.1 Å². The molecule has 1 aromatic carbocycles. The first kappa shape index (κ1) is 7.25. The van der Waals surface area contributed by atoms with Gasteiger partial charge in [-0.1, -0.05) is 18.2 Å². The van der Waals surface area contributed by atoms with Crippen molar-refractivity contribution < 1.29 is 9.84 Å². The lowest BCUT2D eigenvalue weighted by atomic mass is 10.2. The molecule has 0 fully saturated rings. The van der Waals surface area contributed by atoms with Gasteiger partial charge in [0, 0.05) is 7.11 Å². The fourth-order valence-electron chi connectivity index (χ4n) is 0.764. The van der Waals surface area contributed by atoms with E-state index in [0.717, 1.165) is 5.56 Å². The lowest BCUT2D eigenvalue weighted by Gasteiger charge is -2.02. The van der Waals surface area contributed by atoms with Crippen molar-refractivity contribution in [1.29, 1.82) is 0 Å². The summed E-state index contributed by atoms with van der Waals surface area (Å²) in [4.78, 5) is 0. The molecule has 0 heterocycles. The summed E-state index contributed by atoms with van der Waals surface area (Å²) < 4.78 is 4.80. The largest absolute Gasteiger partial charge is 0.418 e. The first-order chi connectivity index (χ1) is 4.84. The van der Waals surface area contributed by atoms with Crippen LogP contribution in [0.15, 0.2) is 30.3 Å². The summed E-state index contributed by atoms with van der Waals surface area (Å²) in [7, 11) is 1.53. The molecule has 0 spiro atoms. The molecule has 0 aromatic heterocycles. The van der Waals surface area contributed by atoms with E-state index in [1.807, 2.05) is 30.3 Å². The highest BCUT2D eigenvalue weighted by molar-refractivity contribution is 5.15. The van der Waals surface area contributed by atoms with Gasteiger partial charge in [0.15, 0.2) is 0 Å². The van der Waals surface area contributed by atoms with Crippen molar-refractivity contribution in [2.24, 2.45) is 0 Å². The van der Waals surface area contributed by atoms with E-state index >= 15 is 0 Å². The molecule has 1 unspecified atom stereocenters. The van der Waals surface area contributed by atoms with Crippen molar-refractivity contribution >= 4 is 0 Å². The molecule has 2 N–H and O–H groups in total. The second-order valence-electron chi connectivity index (χ2n) is 2.03. The number of rotatable bonds is 2. The fraction of sp³-hybridized carbons (Fsp3) is 0.250. The average Bonchev–Trinajstić information content (AvgIpc) is 2.05. The second-order valence-corrected chi connectivity index (χ2v) is 2.03. The Hall–Kier alpha value is -0.860. The first-order valence-corrected chi connectivity index (χ1v) is 3.13. The Bertz CT molecular complexity index is 184. The average molecular weight is 139 g/mol. The Labute approximate surface area is 60.1 Å². The molecular weight excluding hydrogens is 128 g/mol. The molecule has 2 heteroatoms. The third-order valence-electron chi connectivity index (χ3n) is 1.34. The molecule has 0 saturated carbocycles. The molecule has 0 saturated heterocycles. The van der Waals surface area contributed by atoms with Gasteiger partial charge in [0.25, 0.3) is 6.29 Å². The van der Waals surface area contributed by atoms with Gasteiger partial charge in [0.1, 0.15) is 0 Å². The van der Waals surface area contributed by atoms with Crippen molar-refractivity contribution in [2.45, 2.75) is 6.29 Å². The van der Waals surface area contributed by atoms with Gasteiger partial charge in [0.2, 0.25) is 0 Å². The summed E-state index contributed by atoms with van der Waals surface area (Å²) in [5.74, 6) is 0. The van der Waals surface area contributed by atoms with Crippen LogP contribution in [0.25, 0.3) is 0 Å². The fourth-order valence-corrected chi connectivity index (χ4v) is 0.764. The van der Waals surface area contributed by atoms with E-state index < -0.39 is 6.29 Å². The first-order valence-electron chi connectivity index (χ1n) is 3.13. The molecule has 54 valence electrons. The van der Waals surface area contributed by atoms with Crippen LogP contribution in [0.3, 0.4) is 0 Å². The van der Waals surface area contributed by atoms with E-state index in [0.29, 0.717) is 0 Å². The van der Waals surface area contributed by atoms with Crippen molar-refractivity contribution in [3.8, 4) is 0 Å². The van der Waals surface area contributed by atoms with Crippen LogP contribution in [0, 0.1) is 0 Å². The van der Waals surface area contributed by atoms with Crippen LogP contribution in [-0.2, 0) is 4.74 Å². The third-order valence-corrected chi connectivity index (χ3v) is 1.34. The van der Waals surface area contributed by atoms with Crippen LogP contribution in [0.2, 0.25) is 0 Å². The number of hydrogen-bond donors (Lipinski definition) is 0. The quantitative estimate of drug-likeness (QED) is 0.445. The molecule has 10 heavy (non-hydrogen) atoms. The van der Waals surface area contributed by atoms with Crippen LogP contribution in [-0.4, -0.2) is 12.2 Å². The molecule has 2 nitrogen and oxygen atoms in total. The highest BCUT2D eigenvalue weighted by atomic mass is 16.6. The van der Waals surface area contributed by atoms with Crippen LogP contribution in [0.4, 0.5) is 0 Å². The van der Waals surface area contributed by atoms with E-state index in [1.54, 1.807) is 0 Å². The van der Waals surface area contributed by atoms with Gasteiger partial charge in [-0.15, -0.1) is 0 Å². The van der Waals surface area contributed by atoms with Crippen LogP contribution >= 0.6 is 0 Å². The monoisotopic (exact) mass is 139 g/mol. The molecule has 1 atom stereocenters. The van der Waals surface area contributed by atoms with Gasteiger partial charge in [-0.2, -0.15) is 0 Å². The minimum atomic E-state index is -0.541. The summed E-state index contributed by atoms with van der Waals surface area (Å²) in [5.41, 5.74) is 0.894. The van der Waals surface area contributed by atoms with Crippen molar-refractivity contribution in [1.82, 2.24) is 0 Å². The molecule has 0 amide bonds. The Morgan fingerprint density at radius 3 is 2.40 bits per heavy atom. The molecule has 1 rings (SSSR count). The van der Waals surface area contributed by atoms with Crippen molar-refractivity contribution in [3.05, 3.63) is 35.9 Å². The zero-order valence-corrected chi connectivity index (χ0v) is 5.87. The highest BCUT2D eigenvalue weighted by Gasteiger charge is 2.07. The predicted octanol–water partition coefficient (Wildman–Crippen LogP) is 1.06. The molecule has 1 aromatic rings. The maximum Gasteiger partial charge on any atom is 0.290 e. The van der Waals surface area contributed by atoms with Gasteiger partial charge in [-0.3, -0.25) is 0 Å². The van der Waals surface area contributed by atoms with Crippen molar-refractivity contribution in [2.75, 3.05) is 7.11 Å². The summed E-state index contributed by atoms with van der Waals surface area (Å²) in [6.45, 7) is 0. The summed E-state index contributed by atoms with van der Waals surface area (Å²) in [6.07, 6.45) is -0.541. The molecule has 0 aliphatic heterocycles. The number of ether oxygens (including phenoxy) is 1. The molecule has 0 radical (unpaired) electrons. The SMILES string of the molecule is COC([OH2+])c1ccccc1. The number of hydrogen-bond acceptors (Lipinski definition) is 1. The molecule has 0 aliphatic rings. The van der Waals surface area contributed by atoms with E-state index in [2.05, 4.69) is 0 Å².